The SMILES string of the molecule is Cc1cn(C2COCC(COOI)O2)c(=O)[nH]c1=O. The Bertz CT molecular complexity index is 542. The molecule has 0 radical (unpaired) electrons. The van der Waals surface area contributed by atoms with Gasteiger partial charge in [0.2, 0.25) is 0 Å². The molecule has 19 heavy (non-hydrogen) atoms. The molecule has 9 heteroatoms. The second-order valence-corrected chi connectivity index (χ2v) is 4.44. The Labute approximate surface area is 122 Å². The lowest BCUT2D eigenvalue weighted by Crippen LogP contribution is -2.42. The van der Waals surface area contributed by atoms with Crippen LogP contribution in [0.2, 0.25) is 0 Å². The lowest BCUT2D eigenvalue weighted by atomic mass is 10.3. The van der Waals surface area contributed by atoms with Crippen LogP contribution in [0, 0.1) is 6.92 Å². The Morgan fingerprint density at radius 1 is 1.53 bits per heavy atom. The van der Waals surface area contributed by atoms with E-state index in [1.54, 1.807) is 29.9 Å². The molecule has 2 rings (SSSR count). The zero-order chi connectivity index (χ0) is 13.8. The van der Waals surface area contributed by atoms with Crippen LogP contribution in [0.4, 0.5) is 0 Å². The first kappa shape index (κ1) is 14.7. The van der Waals surface area contributed by atoms with Crippen LogP contribution in [0.5, 0.6) is 0 Å². The number of ether oxygens (including phenoxy) is 2. The molecule has 0 saturated carbocycles. The molecule has 2 atom stereocenters. The molecule has 0 spiro atoms. The maximum atomic E-state index is 11.7. The zero-order valence-corrected chi connectivity index (χ0v) is 12.3. The van der Waals surface area contributed by atoms with E-state index in [4.69, 9.17) is 14.4 Å². The minimum atomic E-state index is -0.598. The highest BCUT2D eigenvalue weighted by Gasteiger charge is 2.25. The van der Waals surface area contributed by atoms with Crippen LogP contribution in [-0.4, -0.2) is 35.5 Å². The highest BCUT2D eigenvalue weighted by atomic mass is 127. The lowest BCUT2D eigenvalue weighted by Gasteiger charge is -2.30. The van der Waals surface area contributed by atoms with Crippen LogP contribution in [-0.2, 0) is 17.6 Å². The predicted molar refractivity (Wildman–Crippen MR) is 71.8 cm³/mol. The molecule has 1 aliphatic rings. The fourth-order valence-corrected chi connectivity index (χ4v) is 1.88. The van der Waals surface area contributed by atoms with E-state index in [1.807, 2.05) is 0 Å². The molecule has 1 saturated heterocycles. The van der Waals surface area contributed by atoms with Crippen molar-refractivity contribution in [3.8, 4) is 0 Å². The van der Waals surface area contributed by atoms with E-state index in [0.717, 1.165) is 0 Å². The molecule has 0 aliphatic carbocycles. The van der Waals surface area contributed by atoms with E-state index >= 15 is 0 Å². The fraction of sp³-hybridized carbons (Fsp3) is 0.600. The fourth-order valence-electron chi connectivity index (χ4n) is 1.74. The van der Waals surface area contributed by atoms with Crippen molar-refractivity contribution in [3.63, 3.8) is 0 Å². The van der Waals surface area contributed by atoms with Gasteiger partial charge < -0.3 is 9.47 Å². The minimum Gasteiger partial charge on any atom is -0.374 e. The van der Waals surface area contributed by atoms with Crippen molar-refractivity contribution >= 4 is 23.0 Å². The second-order valence-electron chi connectivity index (χ2n) is 4.08. The van der Waals surface area contributed by atoms with Gasteiger partial charge in [-0.1, -0.05) is 0 Å². The summed E-state index contributed by atoms with van der Waals surface area (Å²) in [5.41, 5.74) is -0.510. The summed E-state index contributed by atoms with van der Waals surface area (Å²) in [5, 5.41) is 0. The first-order chi connectivity index (χ1) is 9.11. The Hall–Kier alpha value is -0.750. The van der Waals surface area contributed by atoms with Crippen molar-refractivity contribution in [2.75, 3.05) is 19.8 Å². The molecule has 1 aromatic rings. The number of aryl methyl sites for hydroxylation is 1. The smallest absolute Gasteiger partial charge is 0.330 e. The van der Waals surface area contributed by atoms with Crippen LogP contribution in [0.25, 0.3) is 0 Å². The molecule has 0 amide bonds. The Balaban J connectivity index is 2.15. The van der Waals surface area contributed by atoms with E-state index in [1.165, 1.54) is 10.8 Å². The Kier molecular flexibility index (Phi) is 5.10. The topological polar surface area (TPSA) is 91.8 Å². The molecule has 1 fully saturated rings. The number of aromatic nitrogens is 2. The average molecular weight is 384 g/mol. The van der Waals surface area contributed by atoms with Gasteiger partial charge in [0.1, 0.15) is 12.7 Å². The first-order valence-electron chi connectivity index (χ1n) is 5.57. The van der Waals surface area contributed by atoms with Crippen LogP contribution in [0.3, 0.4) is 0 Å². The van der Waals surface area contributed by atoms with Crippen molar-refractivity contribution in [3.05, 3.63) is 32.6 Å². The van der Waals surface area contributed by atoms with Crippen LogP contribution in [0.1, 0.15) is 11.8 Å². The van der Waals surface area contributed by atoms with Gasteiger partial charge in [0.25, 0.3) is 5.56 Å². The van der Waals surface area contributed by atoms with Crippen molar-refractivity contribution in [2.45, 2.75) is 19.3 Å². The number of hydrogen-bond donors (Lipinski definition) is 1. The largest absolute Gasteiger partial charge is 0.374 e. The highest BCUT2D eigenvalue weighted by Crippen LogP contribution is 2.16. The summed E-state index contributed by atoms with van der Waals surface area (Å²) < 4.78 is 16.8. The monoisotopic (exact) mass is 384 g/mol. The molecule has 1 aliphatic heterocycles. The van der Waals surface area contributed by atoms with Crippen LogP contribution in [0.15, 0.2) is 15.8 Å². The average Bonchev–Trinajstić information content (AvgIpc) is 2.41. The third kappa shape index (κ3) is 3.63. The molecule has 0 aromatic carbocycles. The first-order valence-corrected chi connectivity index (χ1v) is 6.45. The summed E-state index contributed by atoms with van der Waals surface area (Å²) in [6.45, 7) is 2.39. The molecule has 1 N–H and O–H groups in total. The van der Waals surface area contributed by atoms with Gasteiger partial charge >= 0.3 is 5.69 Å². The van der Waals surface area contributed by atoms with Crippen molar-refractivity contribution < 1.29 is 17.6 Å². The number of aromatic amines is 1. The summed E-state index contributed by atoms with van der Waals surface area (Å²) in [6, 6.07) is 0. The second kappa shape index (κ2) is 6.61. The van der Waals surface area contributed by atoms with Gasteiger partial charge in [0.05, 0.1) is 13.2 Å². The predicted octanol–water partition coefficient (Wildman–Crippen LogP) is 0.0572. The van der Waals surface area contributed by atoms with E-state index in [2.05, 4.69) is 8.20 Å². The molecular weight excluding hydrogens is 371 g/mol. The van der Waals surface area contributed by atoms with Crippen molar-refractivity contribution in [1.29, 1.82) is 0 Å². The van der Waals surface area contributed by atoms with Gasteiger partial charge in [0.15, 0.2) is 29.2 Å². The van der Waals surface area contributed by atoms with Gasteiger partial charge in [-0.25, -0.2) is 9.68 Å². The van der Waals surface area contributed by atoms with Gasteiger partial charge in [-0.05, 0) is 6.92 Å². The highest BCUT2D eigenvalue weighted by molar-refractivity contribution is 14.1. The maximum absolute atomic E-state index is 11.7. The number of hydrogen-bond acceptors (Lipinski definition) is 6. The van der Waals surface area contributed by atoms with E-state index < -0.39 is 17.5 Å². The molecule has 8 nitrogen and oxygen atoms in total. The quantitative estimate of drug-likeness (QED) is 0.449. The molecule has 2 unspecified atom stereocenters. The van der Waals surface area contributed by atoms with E-state index in [9.17, 15) is 9.59 Å². The number of halogens is 1. The number of nitrogens with zero attached hydrogens (tertiary/aromatic N) is 1. The Morgan fingerprint density at radius 3 is 3.05 bits per heavy atom. The number of H-pyrrole nitrogens is 1. The number of nitrogens with one attached hydrogen (secondary N) is 1. The van der Waals surface area contributed by atoms with Gasteiger partial charge in [-0.2, -0.15) is 3.22 Å². The lowest BCUT2D eigenvalue weighted by molar-refractivity contribution is -0.239. The summed E-state index contributed by atoms with van der Waals surface area (Å²) >= 11 is 1.60. The van der Waals surface area contributed by atoms with E-state index in [-0.39, 0.29) is 19.3 Å². The standard InChI is InChI=1S/C10H13IN2O6/c1-6-2-13(10(15)12-9(6)14)8-5-16-3-7(18-8)4-17-19-11/h2,7-8H,3-5H2,1H3,(H,12,14,15). The minimum absolute atomic E-state index is 0.191. The molecular formula is C10H13IN2O6. The van der Waals surface area contributed by atoms with Crippen molar-refractivity contribution in [2.24, 2.45) is 0 Å². The summed E-state index contributed by atoms with van der Waals surface area (Å²) in [5.74, 6) is 0. The maximum Gasteiger partial charge on any atom is 0.330 e. The summed E-state index contributed by atoms with van der Waals surface area (Å²) in [4.78, 5) is 30.0. The zero-order valence-electron chi connectivity index (χ0n) is 10.1. The third-order valence-electron chi connectivity index (χ3n) is 2.67. The van der Waals surface area contributed by atoms with Crippen molar-refractivity contribution in [1.82, 2.24) is 9.55 Å². The molecule has 0 bridgehead atoms. The van der Waals surface area contributed by atoms with Gasteiger partial charge in [-0.3, -0.25) is 14.3 Å². The van der Waals surface area contributed by atoms with Gasteiger partial charge in [0, 0.05) is 11.8 Å². The molecule has 1 aromatic heterocycles. The van der Waals surface area contributed by atoms with Crippen LogP contribution < -0.4 is 11.2 Å². The Morgan fingerprint density at radius 2 is 2.32 bits per heavy atom. The number of rotatable bonds is 4. The summed E-state index contributed by atoms with van der Waals surface area (Å²) in [7, 11) is 0. The van der Waals surface area contributed by atoms with Gasteiger partial charge in [-0.15, -0.1) is 0 Å². The molecule has 2 heterocycles. The normalized spacial score (nSPS) is 23.5. The van der Waals surface area contributed by atoms with E-state index in [0.29, 0.717) is 12.2 Å². The third-order valence-corrected chi connectivity index (χ3v) is 2.92. The molecule has 106 valence electrons. The summed E-state index contributed by atoms with van der Waals surface area (Å²) in [6.07, 6.45) is 0.514. The van der Waals surface area contributed by atoms with Crippen LogP contribution >= 0.6 is 23.0 Å².